The number of carbonyl (C=O) groups excluding carboxylic acids is 2. The summed E-state index contributed by atoms with van der Waals surface area (Å²) in [6.07, 6.45) is 0.981. The molecule has 1 unspecified atom stereocenters. The average molecular weight is 276 g/mol. The molecule has 1 amide bonds. The van der Waals surface area contributed by atoms with Gasteiger partial charge in [-0.3, -0.25) is 9.59 Å². The normalized spacial score (nSPS) is 16.8. The van der Waals surface area contributed by atoms with Gasteiger partial charge in [0.05, 0.1) is 18.9 Å². The molecule has 20 heavy (non-hydrogen) atoms. The molecule has 108 valence electrons. The van der Waals surface area contributed by atoms with E-state index in [0.29, 0.717) is 13.2 Å². The van der Waals surface area contributed by atoms with Crippen molar-refractivity contribution >= 4 is 17.6 Å². The summed E-state index contributed by atoms with van der Waals surface area (Å²) in [5.74, 6) is -0.448. The number of carbonyl (C=O) groups is 2. The molecule has 0 radical (unpaired) electrons. The Bertz CT molecular complexity index is 488. The van der Waals surface area contributed by atoms with Gasteiger partial charge in [0.2, 0.25) is 5.91 Å². The molecule has 1 atom stereocenters. The molecular formula is C15H20N2O3. The zero-order valence-electron chi connectivity index (χ0n) is 11.6. The van der Waals surface area contributed by atoms with Crippen molar-refractivity contribution in [3.05, 3.63) is 29.8 Å². The highest BCUT2D eigenvalue weighted by molar-refractivity contribution is 5.86. The van der Waals surface area contributed by atoms with E-state index in [1.54, 1.807) is 6.92 Å². The number of fused-ring (bicyclic) bond motifs is 1. The summed E-state index contributed by atoms with van der Waals surface area (Å²) in [7, 11) is 0. The largest absolute Gasteiger partial charge is 0.466 e. The topological polar surface area (TPSA) is 67.4 Å². The van der Waals surface area contributed by atoms with Crippen LogP contribution >= 0.6 is 0 Å². The van der Waals surface area contributed by atoms with Gasteiger partial charge in [-0.25, -0.2) is 0 Å². The van der Waals surface area contributed by atoms with Gasteiger partial charge >= 0.3 is 5.97 Å². The van der Waals surface area contributed by atoms with Crippen molar-refractivity contribution in [1.29, 1.82) is 0 Å². The molecule has 2 rings (SSSR count). The number of amides is 1. The number of esters is 1. The minimum Gasteiger partial charge on any atom is -0.466 e. The number of para-hydroxylation sites is 1. The van der Waals surface area contributed by atoms with Crippen LogP contribution in [0.15, 0.2) is 24.3 Å². The molecule has 0 aliphatic carbocycles. The maximum Gasteiger partial charge on any atom is 0.307 e. The van der Waals surface area contributed by atoms with E-state index in [4.69, 9.17) is 4.74 Å². The average Bonchev–Trinajstić information content (AvgIpc) is 2.47. The van der Waals surface area contributed by atoms with Gasteiger partial charge in [0.1, 0.15) is 0 Å². The Kier molecular flexibility index (Phi) is 4.98. The number of hydrogen-bond acceptors (Lipinski definition) is 4. The van der Waals surface area contributed by atoms with Crippen LogP contribution in [0.4, 0.5) is 5.69 Å². The van der Waals surface area contributed by atoms with Gasteiger partial charge in [-0.15, -0.1) is 0 Å². The molecule has 1 aliphatic heterocycles. The molecule has 0 aromatic heterocycles. The van der Waals surface area contributed by atoms with E-state index >= 15 is 0 Å². The molecular weight excluding hydrogens is 256 g/mol. The van der Waals surface area contributed by atoms with Crippen molar-refractivity contribution in [3.63, 3.8) is 0 Å². The molecule has 1 heterocycles. The van der Waals surface area contributed by atoms with Crippen LogP contribution in [-0.4, -0.2) is 31.6 Å². The summed E-state index contributed by atoms with van der Waals surface area (Å²) in [6.45, 7) is 3.24. The van der Waals surface area contributed by atoms with Crippen molar-refractivity contribution in [2.75, 3.05) is 25.0 Å². The quantitative estimate of drug-likeness (QED) is 0.803. The minimum absolute atomic E-state index is 0.0248. The van der Waals surface area contributed by atoms with E-state index in [0.717, 1.165) is 24.2 Å². The second-order valence-electron chi connectivity index (χ2n) is 4.70. The first kappa shape index (κ1) is 14.4. The highest BCUT2D eigenvalue weighted by Gasteiger charge is 2.25. The predicted octanol–water partition coefficient (Wildman–Crippen LogP) is 1.66. The molecule has 5 heteroatoms. The molecule has 0 saturated heterocycles. The molecule has 0 bridgehead atoms. The third-order valence-electron chi connectivity index (χ3n) is 3.33. The first-order valence-corrected chi connectivity index (χ1v) is 6.98. The maximum absolute atomic E-state index is 12.2. The van der Waals surface area contributed by atoms with Crippen LogP contribution in [0.1, 0.15) is 31.2 Å². The standard InChI is InChI=1S/C15H20N2O3/c1-2-20-14(18)8-10-17-15(19)12-7-9-16-13-6-4-3-5-11(12)13/h3-6,12,16H,2,7-10H2,1H3,(H,17,19). The Labute approximate surface area is 118 Å². The van der Waals surface area contributed by atoms with Crippen LogP contribution in [0.25, 0.3) is 0 Å². The fourth-order valence-corrected chi connectivity index (χ4v) is 2.38. The summed E-state index contributed by atoms with van der Waals surface area (Å²) < 4.78 is 4.83. The SMILES string of the molecule is CCOC(=O)CCNC(=O)C1CCNc2ccccc21. The summed E-state index contributed by atoms with van der Waals surface area (Å²) in [4.78, 5) is 23.4. The second kappa shape index (κ2) is 6.93. The van der Waals surface area contributed by atoms with Gasteiger partial charge in [-0.1, -0.05) is 18.2 Å². The van der Waals surface area contributed by atoms with E-state index in [1.165, 1.54) is 0 Å². The number of rotatable bonds is 5. The van der Waals surface area contributed by atoms with Gasteiger partial charge < -0.3 is 15.4 Å². The summed E-state index contributed by atoms with van der Waals surface area (Å²) in [6, 6.07) is 7.84. The summed E-state index contributed by atoms with van der Waals surface area (Å²) in [5, 5.41) is 6.10. The Morgan fingerprint density at radius 3 is 3.00 bits per heavy atom. The van der Waals surface area contributed by atoms with E-state index in [1.807, 2.05) is 24.3 Å². The van der Waals surface area contributed by atoms with Gasteiger partial charge in [0.15, 0.2) is 0 Å². The van der Waals surface area contributed by atoms with Crippen LogP contribution in [0, 0.1) is 0 Å². The lowest BCUT2D eigenvalue weighted by Crippen LogP contribution is -2.34. The van der Waals surface area contributed by atoms with Crippen molar-refractivity contribution in [3.8, 4) is 0 Å². The van der Waals surface area contributed by atoms with Gasteiger partial charge in [0.25, 0.3) is 0 Å². The minimum atomic E-state index is -0.279. The molecule has 0 spiro atoms. The highest BCUT2D eigenvalue weighted by Crippen LogP contribution is 2.31. The van der Waals surface area contributed by atoms with E-state index in [9.17, 15) is 9.59 Å². The Morgan fingerprint density at radius 1 is 1.40 bits per heavy atom. The maximum atomic E-state index is 12.2. The fourth-order valence-electron chi connectivity index (χ4n) is 2.38. The van der Waals surface area contributed by atoms with Gasteiger partial charge in [-0.05, 0) is 25.0 Å². The van der Waals surface area contributed by atoms with Crippen molar-refractivity contribution in [2.45, 2.75) is 25.7 Å². The van der Waals surface area contributed by atoms with E-state index < -0.39 is 0 Å². The number of anilines is 1. The second-order valence-corrected chi connectivity index (χ2v) is 4.70. The number of nitrogens with one attached hydrogen (secondary N) is 2. The zero-order chi connectivity index (χ0) is 14.4. The molecule has 5 nitrogen and oxygen atoms in total. The van der Waals surface area contributed by atoms with Crippen LogP contribution in [0.2, 0.25) is 0 Å². The number of ether oxygens (including phenoxy) is 1. The lowest BCUT2D eigenvalue weighted by atomic mass is 9.90. The summed E-state index contributed by atoms with van der Waals surface area (Å²) in [5.41, 5.74) is 2.04. The molecule has 2 N–H and O–H groups in total. The Hall–Kier alpha value is -2.04. The van der Waals surface area contributed by atoms with Crippen LogP contribution in [-0.2, 0) is 14.3 Å². The third kappa shape index (κ3) is 3.50. The molecule has 1 aromatic rings. The van der Waals surface area contributed by atoms with Crippen molar-refractivity contribution in [2.24, 2.45) is 0 Å². The summed E-state index contributed by atoms with van der Waals surface area (Å²) >= 11 is 0. The lowest BCUT2D eigenvalue weighted by Gasteiger charge is -2.25. The zero-order valence-corrected chi connectivity index (χ0v) is 11.6. The van der Waals surface area contributed by atoms with Crippen molar-refractivity contribution in [1.82, 2.24) is 5.32 Å². The Morgan fingerprint density at radius 2 is 2.20 bits per heavy atom. The van der Waals surface area contributed by atoms with Gasteiger partial charge in [0, 0.05) is 18.8 Å². The monoisotopic (exact) mass is 276 g/mol. The number of benzene rings is 1. The smallest absolute Gasteiger partial charge is 0.307 e. The van der Waals surface area contributed by atoms with Crippen LogP contribution in [0.3, 0.4) is 0 Å². The highest BCUT2D eigenvalue weighted by atomic mass is 16.5. The molecule has 0 fully saturated rings. The lowest BCUT2D eigenvalue weighted by molar-refractivity contribution is -0.143. The Balaban J connectivity index is 1.89. The predicted molar refractivity (Wildman–Crippen MR) is 76.5 cm³/mol. The van der Waals surface area contributed by atoms with E-state index in [-0.39, 0.29) is 24.2 Å². The van der Waals surface area contributed by atoms with Crippen LogP contribution < -0.4 is 10.6 Å². The third-order valence-corrected chi connectivity index (χ3v) is 3.33. The molecule has 1 aromatic carbocycles. The number of hydrogen-bond donors (Lipinski definition) is 2. The van der Waals surface area contributed by atoms with Crippen LogP contribution in [0.5, 0.6) is 0 Å². The fraction of sp³-hybridized carbons (Fsp3) is 0.467. The molecule has 0 saturated carbocycles. The van der Waals surface area contributed by atoms with Gasteiger partial charge in [-0.2, -0.15) is 0 Å². The first-order chi connectivity index (χ1) is 9.72. The first-order valence-electron chi connectivity index (χ1n) is 6.98. The molecule has 1 aliphatic rings. The van der Waals surface area contributed by atoms with Crippen molar-refractivity contribution < 1.29 is 14.3 Å². The van der Waals surface area contributed by atoms with E-state index in [2.05, 4.69) is 10.6 Å².